The highest BCUT2D eigenvalue weighted by molar-refractivity contribution is 6.32. The third kappa shape index (κ3) is 8.61. The zero-order valence-electron chi connectivity index (χ0n) is 26.2. The molecule has 46 heavy (non-hydrogen) atoms. The van der Waals surface area contributed by atoms with Crippen molar-refractivity contribution in [1.29, 1.82) is 0 Å². The molecule has 13 heteroatoms. The van der Waals surface area contributed by atoms with Crippen molar-refractivity contribution in [3.63, 3.8) is 0 Å². The van der Waals surface area contributed by atoms with E-state index >= 15 is 0 Å². The molecule has 0 aliphatic carbocycles. The molecule has 1 aliphatic heterocycles. The third-order valence-corrected chi connectivity index (χ3v) is 7.15. The lowest BCUT2D eigenvalue weighted by molar-refractivity contribution is -0.136. The van der Waals surface area contributed by atoms with Gasteiger partial charge in [0.05, 0.1) is 43.7 Å². The Labute approximate surface area is 272 Å². The van der Waals surface area contributed by atoms with Crippen LogP contribution in [-0.4, -0.2) is 57.0 Å². The summed E-state index contributed by atoms with van der Waals surface area (Å²) in [5.41, 5.74) is 6.60. The van der Waals surface area contributed by atoms with Gasteiger partial charge in [0.2, 0.25) is 0 Å². The van der Waals surface area contributed by atoms with Crippen molar-refractivity contribution in [3.05, 3.63) is 93.1 Å². The number of urea groups is 1. The van der Waals surface area contributed by atoms with E-state index < -0.39 is 24.3 Å². The third-order valence-electron chi connectivity index (χ3n) is 6.86. The minimum atomic E-state index is -1.18. The average Bonchev–Trinajstić information content (AvgIpc) is 3.03. The van der Waals surface area contributed by atoms with Gasteiger partial charge in [0.1, 0.15) is 13.2 Å². The van der Waals surface area contributed by atoms with E-state index in [-0.39, 0.29) is 12.2 Å². The van der Waals surface area contributed by atoms with E-state index in [1.54, 1.807) is 37.3 Å². The Kier molecular flexibility index (Phi) is 11.7. The van der Waals surface area contributed by atoms with Gasteiger partial charge in [-0.1, -0.05) is 47.5 Å². The van der Waals surface area contributed by atoms with Gasteiger partial charge in [-0.15, -0.1) is 0 Å². The predicted octanol–water partition coefficient (Wildman–Crippen LogP) is 4.76. The number of methoxy groups -OCH3 is 2. The van der Waals surface area contributed by atoms with Gasteiger partial charge >= 0.3 is 12.0 Å². The monoisotopic (exact) mass is 652 g/mol. The molecule has 1 aliphatic rings. The second kappa shape index (κ2) is 15.9. The number of hydrazone groups is 1. The molecule has 0 unspecified atom stereocenters. The summed E-state index contributed by atoms with van der Waals surface area (Å²) in [6.45, 7) is 5.92. The number of ether oxygens (including phenoxy) is 5. The number of aliphatic hydroxyl groups is 1. The molecule has 0 aromatic heterocycles. The van der Waals surface area contributed by atoms with Crippen molar-refractivity contribution < 1.29 is 38.4 Å². The number of carbonyl (C=O) groups excluding carboxylic acids is 2. The zero-order valence-corrected chi connectivity index (χ0v) is 26.9. The van der Waals surface area contributed by atoms with Crippen LogP contribution in [0.1, 0.15) is 42.1 Å². The van der Waals surface area contributed by atoms with Crippen LogP contribution in [0.3, 0.4) is 0 Å². The van der Waals surface area contributed by atoms with Crippen molar-refractivity contribution in [1.82, 2.24) is 16.1 Å². The number of nitrogens with zero attached hydrogens (tertiary/aromatic N) is 1. The van der Waals surface area contributed by atoms with Crippen molar-refractivity contribution in [2.45, 2.75) is 39.6 Å². The first-order valence-corrected chi connectivity index (χ1v) is 14.8. The van der Waals surface area contributed by atoms with Crippen molar-refractivity contribution in [2.24, 2.45) is 5.10 Å². The summed E-state index contributed by atoms with van der Waals surface area (Å²) in [5, 5.41) is 20.2. The SMILES string of the molecule is CCOc1cc([C@H]2NC(=O)NC(C)=C2C(=O)OC)ccc1OC[C@H](O)N/N=C\c1cc(Cl)c(OCc2ccc(C)cc2)c(OC)c1. The van der Waals surface area contributed by atoms with Crippen molar-refractivity contribution in [2.75, 3.05) is 27.4 Å². The number of aryl methyl sites for hydroxylation is 1. The van der Waals surface area contributed by atoms with Crippen LogP contribution in [0.2, 0.25) is 5.02 Å². The zero-order chi connectivity index (χ0) is 33.2. The van der Waals surface area contributed by atoms with Gasteiger partial charge in [0.25, 0.3) is 0 Å². The quantitative estimate of drug-likeness (QED) is 0.0837. The lowest BCUT2D eigenvalue weighted by Crippen LogP contribution is -2.45. The van der Waals surface area contributed by atoms with Gasteiger partial charge in [-0.3, -0.25) is 5.43 Å². The van der Waals surface area contributed by atoms with Crippen molar-refractivity contribution in [3.8, 4) is 23.0 Å². The van der Waals surface area contributed by atoms with E-state index in [2.05, 4.69) is 21.2 Å². The molecule has 0 radical (unpaired) electrons. The molecular weight excluding hydrogens is 616 g/mol. The van der Waals surface area contributed by atoms with Crippen LogP contribution in [0.5, 0.6) is 23.0 Å². The molecule has 3 aromatic carbocycles. The molecule has 0 spiro atoms. The normalized spacial score (nSPS) is 15.1. The standard InChI is InChI=1S/C33H37ClN4O8/c1-6-44-26-15-23(30-29(32(40)43-5)20(3)36-33(41)37-30)11-12-25(26)45-18-28(39)38-35-16-22-13-24(34)31(27(14-22)42-4)46-17-21-9-7-19(2)8-10-21/h7-16,28,30,38-39H,6,17-18H2,1-5H3,(H2,36,37,41)/b35-16-/t28-,30+/m0/s1. The molecule has 0 saturated carbocycles. The topological polar surface area (TPSA) is 149 Å². The smallest absolute Gasteiger partial charge is 0.337 e. The molecule has 0 fully saturated rings. The lowest BCUT2D eigenvalue weighted by atomic mass is 9.95. The highest BCUT2D eigenvalue weighted by atomic mass is 35.5. The van der Waals surface area contributed by atoms with Gasteiger partial charge in [0.15, 0.2) is 29.2 Å². The maximum absolute atomic E-state index is 12.5. The Bertz CT molecular complexity index is 1610. The van der Waals surface area contributed by atoms with Crippen LogP contribution in [-0.2, 0) is 16.1 Å². The van der Waals surface area contributed by atoms with Gasteiger partial charge in [0, 0.05) is 5.70 Å². The van der Waals surface area contributed by atoms with Crippen LogP contribution in [0.4, 0.5) is 4.79 Å². The van der Waals surface area contributed by atoms with E-state index in [1.165, 1.54) is 20.4 Å². The first-order valence-electron chi connectivity index (χ1n) is 14.4. The molecule has 0 saturated heterocycles. The maximum Gasteiger partial charge on any atom is 0.337 e. The van der Waals surface area contributed by atoms with E-state index in [0.717, 1.165) is 11.1 Å². The van der Waals surface area contributed by atoms with Crippen molar-refractivity contribution >= 4 is 29.8 Å². The fourth-order valence-corrected chi connectivity index (χ4v) is 4.89. The number of hydrogen-bond acceptors (Lipinski definition) is 10. The summed E-state index contributed by atoms with van der Waals surface area (Å²) in [7, 11) is 2.79. The fourth-order valence-electron chi connectivity index (χ4n) is 4.61. The fraction of sp³-hybridized carbons (Fsp3) is 0.303. The molecule has 2 atom stereocenters. The molecule has 3 aromatic rings. The molecule has 12 nitrogen and oxygen atoms in total. The minimum absolute atomic E-state index is 0.177. The number of esters is 1. The Morgan fingerprint density at radius 1 is 1.04 bits per heavy atom. The summed E-state index contributed by atoms with van der Waals surface area (Å²) >= 11 is 6.49. The van der Waals surface area contributed by atoms with Crippen LogP contribution in [0.25, 0.3) is 0 Å². The van der Waals surface area contributed by atoms with Crippen LogP contribution in [0.15, 0.2) is 71.0 Å². The molecular formula is C33H37ClN4O8. The van der Waals surface area contributed by atoms with E-state index in [0.29, 0.717) is 58.1 Å². The number of hydrogen-bond donors (Lipinski definition) is 4. The molecule has 4 rings (SSSR count). The minimum Gasteiger partial charge on any atom is -0.493 e. The Morgan fingerprint density at radius 2 is 1.80 bits per heavy atom. The number of allylic oxidation sites excluding steroid dienone is 1. The van der Waals surface area contributed by atoms with Crippen LogP contribution >= 0.6 is 11.6 Å². The number of aliphatic hydroxyl groups excluding tert-OH is 1. The van der Waals surface area contributed by atoms with Crippen LogP contribution < -0.4 is 35.0 Å². The van der Waals surface area contributed by atoms with Gasteiger partial charge in [-0.25, -0.2) is 9.59 Å². The Morgan fingerprint density at radius 3 is 2.50 bits per heavy atom. The number of rotatable bonds is 14. The van der Waals surface area contributed by atoms with Crippen LogP contribution in [0, 0.1) is 6.92 Å². The number of nitrogens with one attached hydrogen (secondary N) is 3. The van der Waals surface area contributed by atoms with Gasteiger partial charge in [-0.2, -0.15) is 5.10 Å². The Balaban J connectivity index is 1.38. The van der Waals surface area contributed by atoms with Gasteiger partial charge < -0.3 is 39.4 Å². The second-order valence-electron chi connectivity index (χ2n) is 10.2. The molecule has 4 N–H and O–H groups in total. The summed E-state index contributed by atoms with van der Waals surface area (Å²) < 4.78 is 27.9. The molecule has 0 bridgehead atoms. The highest BCUT2D eigenvalue weighted by Crippen LogP contribution is 2.37. The first-order chi connectivity index (χ1) is 22.1. The lowest BCUT2D eigenvalue weighted by Gasteiger charge is -2.28. The molecule has 2 amide bonds. The molecule has 1 heterocycles. The van der Waals surface area contributed by atoms with E-state index in [1.807, 2.05) is 38.1 Å². The van der Waals surface area contributed by atoms with Gasteiger partial charge in [-0.05, 0) is 61.7 Å². The molecule has 244 valence electrons. The largest absolute Gasteiger partial charge is 0.493 e. The van der Waals surface area contributed by atoms with E-state index in [4.69, 9.17) is 35.3 Å². The number of halogens is 1. The Hall–Kier alpha value is -4.94. The summed E-state index contributed by atoms with van der Waals surface area (Å²) in [5.74, 6) is 0.969. The second-order valence-corrected chi connectivity index (χ2v) is 10.6. The van der Waals surface area contributed by atoms with E-state index in [9.17, 15) is 14.7 Å². The highest BCUT2D eigenvalue weighted by Gasteiger charge is 2.32. The average molecular weight is 653 g/mol. The summed E-state index contributed by atoms with van der Waals surface area (Å²) in [4.78, 5) is 24.6. The summed E-state index contributed by atoms with van der Waals surface area (Å²) in [6, 6.07) is 15.1. The number of benzene rings is 3. The first kappa shape index (κ1) is 33.9. The number of amides is 2. The maximum atomic E-state index is 12.5. The predicted molar refractivity (Wildman–Crippen MR) is 172 cm³/mol. The summed E-state index contributed by atoms with van der Waals surface area (Å²) in [6.07, 6.45) is 0.295. The number of carbonyl (C=O) groups is 2.